The molecule has 1 amide bonds. The highest BCUT2D eigenvalue weighted by Crippen LogP contribution is 2.21. The maximum absolute atomic E-state index is 11.7. The van der Waals surface area contributed by atoms with E-state index < -0.39 is 0 Å². The van der Waals surface area contributed by atoms with E-state index >= 15 is 0 Å². The Morgan fingerprint density at radius 1 is 1.33 bits per heavy atom. The lowest BCUT2D eigenvalue weighted by Crippen LogP contribution is -2.35. The summed E-state index contributed by atoms with van der Waals surface area (Å²) in [5, 5.41) is 9.57. The molecule has 0 unspecified atom stereocenters. The van der Waals surface area contributed by atoms with Crippen molar-refractivity contribution in [3.8, 4) is 0 Å². The molecule has 18 heavy (non-hydrogen) atoms. The molecule has 4 nitrogen and oxygen atoms in total. The van der Waals surface area contributed by atoms with Crippen LogP contribution in [0.2, 0.25) is 0 Å². The molecule has 0 saturated carbocycles. The van der Waals surface area contributed by atoms with Gasteiger partial charge < -0.3 is 16.0 Å². The van der Waals surface area contributed by atoms with Crippen molar-refractivity contribution in [1.82, 2.24) is 10.6 Å². The van der Waals surface area contributed by atoms with Crippen LogP contribution in [0.4, 0.5) is 5.69 Å². The van der Waals surface area contributed by atoms with Gasteiger partial charge in [-0.1, -0.05) is 6.07 Å². The van der Waals surface area contributed by atoms with Gasteiger partial charge in [-0.15, -0.1) is 0 Å². The van der Waals surface area contributed by atoms with Crippen LogP contribution in [0.25, 0.3) is 0 Å². The molecule has 4 heteroatoms. The first-order valence-electron chi connectivity index (χ1n) is 6.51. The van der Waals surface area contributed by atoms with Crippen molar-refractivity contribution in [2.24, 2.45) is 0 Å². The second-order valence-corrected chi connectivity index (χ2v) is 4.73. The Kier molecular flexibility index (Phi) is 4.20. The van der Waals surface area contributed by atoms with Crippen LogP contribution in [0.3, 0.4) is 0 Å². The van der Waals surface area contributed by atoms with Crippen molar-refractivity contribution >= 4 is 11.6 Å². The standard InChI is InChI=1S/C14H21N3O/c1-10-12(14(18)15-2)4-3-5-13(10)17-11-6-8-16-9-7-11/h3-5,11,16-17H,6-9H2,1-2H3,(H,15,18). The van der Waals surface area contributed by atoms with Crippen LogP contribution in [0.5, 0.6) is 0 Å². The van der Waals surface area contributed by atoms with Crippen LogP contribution in [-0.4, -0.2) is 32.1 Å². The second kappa shape index (κ2) is 5.87. The molecule has 98 valence electrons. The number of nitrogens with one attached hydrogen (secondary N) is 3. The van der Waals surface area contributed by atoms with Gasteiger partial charge >= 0.3 is 0 Å². The zero-order chi connectivity index (χ0) is 13.0. The van der Waals surface area contributed by atoms with E-state index in [9.17, 15) is 4.79 Å². The van der Waals surface area contributed by atoms with E-state index in [0.29, 0.717) is 6.04 Å². The summed E-state index contributed by atoms with van der Waals surface area (Å²) in [5.41, 5.74) is 2.84. The maximum Gasteiger partial charge on any atom is 0.251 e. The fraction of sp³-hybridized carbons (Fsp3) is 0.500. The van der Waals surface area contributed by atoms with Crippen molar-refractivity contribution in [3.63, 3.8) is 0 Å². The predicted octanol–water partition coefficient (Wildman–Crippen LogP) is 1.52. The number of piperidine rings is 1. The van der Waals surface area contributed by atoms with E-state index in [4.69, 9.17) is 0 Å². The van der Waals surface area contributed by atoms with Crippen molar-refractivity contribution < 1.29 is 4.79 Å². The Morgan fingerprint density at radius 2 is 2.06 bits per heavy atom. The third-order valence-corrected chi connectivity index (χ3v) is 3.50. The van der Waals surface area contributed by atoms with Gasteiger partial charge in [-0.05, 0) is 50.6 Å². The number of rotatable bonds is 3. The minimum absolute atomic E-state index is 0.0264. The summed E-state index contributed by atoms with van der Waals surface area (Å²) in [6, 6.07) is 6.34. The zero-order valence-corrected chi connectivity index (χ0v) is 11.0. The fourth-order valence-corrected chi connectivity index (χ4v) is 2.36. The number of amides is 1. The SMILES string of the molecule is CNC(=O)c1cccc(NC2CCNCC2)c1C. The van der Waals surface area contributed by atoms with E-state index in [-0.39, 0.29) is 5.91 Å². The monoisotopic (exact) mass is 247 g/mol. The predicted molar refractivity (Wildman–Crippen MR) is 74.1 cm³/mol. The first-order valence-corrected chi connectivity index (χ1v) is 6.51. The first-order chi connectivity index (χ1) is 8.72. The number of hydrogen-bond donors (Lipinski definition) is 3. The highest BCUT2D eigenvalue weighted by Gasteiger charge is 2.15. The largest absolute Gasteiger partial charge is 0.382 e. The third kappa shape index (κ3) is 2.82. The molecule has 0 spiro atoms. The van der Waals surface area contributed by atoms with Crippen molar-refractivity contribution in [1.29, 1.82) is 0 Å². The molecule has 0 radical (unpaired) electrons. The van der Waals surface area contributed by atoms with Gasteiger partial charge in [0.1, 0.15) is 0 Å². The molecule has 0 bridgehead atoms. The molecule has 0 aliphatic carbocycles. The summed E-state index contributed by atoms with van der Waals surface area (Å²) in [4.78, 5) is 11.7. The summed E-state index contributed by atoms with van der Waals surface area (Å²) >= 11 is 0. The molecule has 1 aromatic rings. The number of carbonyl (C=O) groups is 1. The number of hydrogen-bond acceptors (Lipinski definition) is 3. The summed E-state index contributed by atoms with van der Waals surface area (Å²) < 4.78 is 0. The highest BCUT2D eigenvalue weighted by atomic mass is 16.1. The second-order valence-electron chi connectivity index (χ2n) is 4.73. The lowest BCUT2D eigenvalue weighted by molar-refractivity contribution is 0.0962. The smallest absolute Gasteiger partial charge is 0.251 e. The van der Waals surface area contributed by atoms with Crippen molar-refractivity contribution in [2.75, 3.05) is 25.5 Å². The molecule has 0 aromatic heterocycles. The molecular weight excluding hydrogens is 226 g/mol. The van der Waals surface area contributed by atoms with Gasteiger partial charge in [0.2, 0.25) is 0 Å². The Balaban J connectivity index is 2.15. The lowest BCUT2D eigenvalue weighted by Gasteiger charge is -2.26. The lowest BCUT2D eigenvalue weighted by atomic mass is 10.0. The van der Waals surface area contributed by atoms with E-state index in [1.54, 1.807) is 7.05 Å². The minimum atomic E-state index is -0.0264. The van der Waals surface area contributed by atoms with Crippen molar-refractivity contribution in [3.05, 3.63) is 29.3 Å². The zero-order valence-electron chi connectivity index (χ0n) is 11.0. The highest BCUT2D eigenvalue weighted by molar-refractivity contribution is 5.96. The number of carbonyl (C=O) groups excluding carboxylic acids is 1. The van der Waals surface area contributed by atoms with Crippen LogP contribution in [0.15, 0.2) is 18.2 Å². The molecule has 1 aliphatic rings. The van der Waals surface area contributed by atoms with Crippen LogP contribution in [0.1, 0.15) is 28.8 Å². The molecular formula is C14H21N3O. The van der Waals surface area contributed by atoms with E-state index in [1.165, 1.54) is 0 Å². The van der Waals surface area contributed by atoms with Gasteiger partial charge in [0, 0.05) is 24.3 Å². The number of benzene rings is 1. The third-order valence-electron chi connectivity index (χ3n) is 3.50. The molecule has 1 aliphatic heterocycles. The molecule has 1 heterocycles. The Morgan fingerprint density at radius 3 is 2.72 bits per heavy atom. The molecule has 2 rings (SSSR count). The maximum atomic E-state index is 11.7. The molecule has 1 fully saturated rings. The quantitative estimate of drug-likeness (QED) is 0.759. The van der Waals surface area contributed by atoms with Crippen LogP contribution in [-0.2, 0) is 0 Å². The van der Waals surface area contributed by atoms with E-state index in [0.717, 1.165) is 42.7 Å². The van der Waals surface area contributed by atoms with Crippen molar-refractivity contribution in [2.45, 2.75) is 25.8 Å². The Bertz CT molecular complexity index is 425. The Hall–Kier alpha value is -1.55. The van der Waals surface area contributed by atoms with Gasteiger partial charge in [-0.25, -0.2) is 0 Å². The Labute approximate surface area is 108 Å². The number of anilines is 1. The minimum Gasteiger partial charge on any atom is -0.382 e. The van der Waals surface area contributed by atoms with Crippen LogP contribution >= 0.6 is 0 Å². The summed E-state index contributed by atoms with van der Waals surface area (Å²) in [5.74, 6) is -0.0264. The van der Waals surface area contributed by atoms with Gasteiger partial charge in [-0.3, -0.25) is 4.79 Å². The molecule has 1 saturated heterocycles. The normalized spacial score (nSPS) is 16.3. The van der Waals surface area contributed by atoms with Crippen LogP contribution < -0.4 is 16.0 Å². The summed E-state index contributed by atoms with van der Waals surface area (Å²) in [7, 11) is 1.66. The topological polar surface area (TPSA) is 53.2 Å². The molecule has 3 N–H and O–H groups in total. The fourth-order valence-electron chi connectivity index (χ4n) is 2.36. The average Bonchev–Trinajstić information content (AvgIpc) is 2.41. The molecule has 0 atom stereocenters. The molecule has 1 aromatic carbocycles. The summed E-state index contributed by atoms with van der Waals surface area (Å²) in [6.45, 7) is 4.12. The van der Waals surface area contributed by atoms with Gasteiger partial charge in [-0.2, -0.15) is 0 Å². The van der Waals surface area contributed by atoms with Gasteiger partial charge in [0.05, 0.1) is 0 Å². The summed E-state index contributed by atoms with van der Waals surface area (Å²) in [6.07, 6.45) is 2.26. The van der Waals surface area contributed by atoms with Crippen LogP contribution in [0, 0.1) is 6.92 Å². The first kappa shape index (κ1) is 12.9. The van der Waals surface area contributed by atoms with Gasteiger partial charge in [0.25, 0.3) is 5.91 Å². The van der Waals surface area contributed by atoms with E-state index in [1.807, 2.05) is 25.1 Å². The van der Waals surface area contributed by atoms with Gasteiger partial charge in [0.15, 0.2) is 0 Å². The van der Waals surface area contributed by atoms with E-state index in [2.05, 4.69) is 16.0 Å². The average molecular weight is 247 g/mol.